The van der Waals surface area contributed by atoms with E-state index in [-0.39, 0.29) is 24.3 Å². The van der Waals surface area contributed by atoms with Gasteiger partial charge in [0, 0.05) is 61.4 Å². The Morgan fingerprint density at radius 3 is 2.18 bits per heavy atom. The molecule has 1 aliphatic rings. The third kappa shape index (κ3) is 7.16. The molecular formula is C37H47N5O2. The Kier molecular flexibility index (Phi) is 10.4. The molecule has 3 N–H and O–H groups in total. The Balaban J connectivity index is 1.29. The number of hydrogen-bond donors (Lipinski definition) is 3. The molecule has 7 nitrogen and oxygen atoms in total. The van der Waals surface area contributed by atoms with Crippen molar-refractivity contribution in [3.63, 3.8) is 0 Å². The lowest BCUT2D eigenvalue weighted by atomic mass is 9.91. The molecule has 7 heteroatoms. The third-order valence-corrected chi connectivity index (χ3v) is 9.15. The minimum atomic E-state index is -0.710. The number of rotatable bonds is 12. The molecule has 5 rings (SSSR count). The molecule has 2 unspecified atom stereocenters. The van der Waals surface area contributed by atoms with Crippen LogP contribution in [-0.2, 0) is 35.4 Å². The number of nitrogens with zero attached hydrogens (tertiary/aromatic N) is 2. The largest absolute Gasteiger partial charge is 0.369 e. The van der Waals surface area contributed by atoms with Crippen LogP contribution in [0.15, 0.2) is 72.9 Å². The van der Waals surface area contributed by atoms with Gasteiger partial charge in [-0.15, -0.1) is 0 Å². The van der Waals surface area contributed by atoms with Gasteiger partial charge in [0.25, 0.3) is 0 Å². The number of fused-ring (bicyclic) bond motifs is 1. The van der Waals surface area contributed by atoms with Crippen molar-refractivity contribution < 1.29 is 9.59 Å². The highest BCUT2D eigenvalue weighted by atomic mass is 16.2. The first-order chi connectivity index (χ1) is 21.4. The maximum absolute atomic E-state index is 13.9. The lowest BCUT2D eigenvalue weighted by Crippen LogP contribution is -2.54. The smallest absolute Gasteiger partial charge is 0.243 e. The molecule has 2 amide bonds. The summed E-state index contributed by atoms with van der Waals surface area (Å²) in [5.74, 6) is -0.524. The van der Waals surface area contributed by atoms with Gasteiger partial charge in [0.2, 0.25) is 11.8 Å². The van der Waals surface area contributed by atoms with Crippen LogP contribution in [0, 0.1) is 0 Å². The fourth-order valence-electron chi connectivity index (χ4n) is 6.65. The molecule has 232 valence electrons. The number of para-hydroxylation sites is 2. The summed E-state index contributed by atoms with van der Waals surface area (Å²) in [4.78, 5) is 35.2. The molecule has 0 aliphatic carbocycles. The molecule has 3 aromatic carbocycles. The maximum Gasteiger partial charge on any atom is 0.243 e. The minimum absolute atomic E-state index is 0.126. The number of hydrogen-bond acceptors (Lipinski definition) is 4. The molecule has 2 heterocycles. The van der Waals surface area contributed by atoms with Gasteiger partial charge in [0.05, 0.1) is 6.54 Å². The molecule has 2 atom stereocenters. The molecule has 1 aliphatic heterocycles. The van der Waals surface area contributed by atoms with Gasteiger partial charge in [-0.3, -0.25) is 14.5 Å². The van der Waals surface area contributed by atoms with Crippen LogP contribution in [0.3, 0.4) is 0 Å². The number of H-pyrrole nitrogens is 1. The summed E-state index contributed by atoms with van der Waals surface area (Å²) in [6.07, 6.45) is 4.91. The Bertz CT molecular complexity index is 1530. The van der Waals surface area contributed by atoms with E-state index in [4.69, 9.17) is 0 Å². The molecule has 1 aromatic heterocycles. The second kappa shape index (κ2) is 14.6. The number of nitrogens with one attached hydrogen (secondary N) is 3. The quantitative estimate of drug-likeness (QED) is 0.200. The van der Waals surface area contributed by atoms with E-state index in [0.29, 0.717) is 6.54 Å². The van der Waals surface area contributed by atoms with Gasteiger partial charge in [-0.1, -0.05) is 76.2 Å². The minimum Gasteiger partial charge on any atom is -0.369 e. The van der Waals surface area contributed by atoms with E-state index >= 15 is 0 Å². The van der Waals surface area contributed by atoms with E-state index < -0.39 is 6.04 Å². The summed E-state index contributed by atoms with van der Waals surface area (Å²) in [6, 6.07) is 22.2. The number of aryl methyl sites for hydroxylation is 2. The summed E-state index contributed by atoms with van der Waals surface area (Å²) >= 11 is 0. The highest BCUT2D eigenvalue weighted by Crippen LogP contribution is 2.28. The normalized spacial score (nSPS) is 15.2. The molecule has 44 heavy (non-hydrogen) atoms. The van der Waals surface area contributed by atoms with E-state index in [1.54, 1.807) is 0 Å². The molecule has 0 saturated carbocycles. The highest BCUT2D eigenvalue weighted by Gasteiger charge is 2.30. The number of aromatic nitrogens is 1. The molecule has 4 aromatic rings. The number of amides is 2. The van der Waals surface area contributed by atoms with Crippen LogP contribution in [-0.4, -0.2) is 60.5 Å². The van der Waals surface area contributed by atoms with Gasteiger partial charge in [0.1, 0.15) is 6.04 Å². The highest BCUT2D eigenvalue weighted by molar-refractivity contribution is 5.91. The van der Waals surface area contributed by atoms with Crippen LogP contribution in [0.4, 0.5) is 5.69 Å². The number of piperazine rings is 1. The number of aromatic amines is 1. The molecular weight excluding hydrogens is 546 g/mol. The monoisotopic (exact) mass is 593 g/mol. The zero-order valence-electron chi connectivity index (χ0n) is 26.7. The van der Waals surface area contributed by atoms with E-state index in [2.05, 4.69) is 88.7 Å². The third-order valence-electron chi connectivity index (χ3n) is 9.15. The maximum atomic E-state index is 13.9. The van der Waals surface area contributed by atoms with Crippen molar-refractivity contribution in [2.75, 3.05) is 37.6 Å². The zero-order valence-corrected chi connectivity index (χ0v) is 26.7. The van der Waals surface area contributed by atoms with Crippen molar-refractivity contribution in [3.05, 3.63) is 101 Å². The standard InChI is InChI=1S/C37H47N5O2/c1-5-28-21-27(22-29(6-2)31(28)7-3)23-39-37(44)36(26(4)33-24-38-34-16-12-11-15-32(33)34)40-35(43)25-41-17-19-42(20-18-41)30-13-9-8-10-14-30/h8-16,21-22,24,26,36,38H,5-7,17-20,23,25H2,1-4H3,(H,39,44)(H,40,43). The van der Waals surface area contributed by atoms with Crippen LogP contribution >= 0.6 is 0 Å². The van der Waals surface area contributed by atoms with Crippen molar-refractivity contribution in [1.29, 1.82) is 0 Å². The second-order valence-electron chi connectivity index (χ2n) is 11.9. The summed E-state index contributed by atoms with van der Waals surface area (Å²) in [6.45, 7) is 12.6. The van der Waals surface area contributed by atoms with E-state index in [9.17, 15) is 9.59 Å². The average Bonchev–Trinajstić information content (AvgIpc) is 3.50. The summed E-state index contributed by atoms with van der Waals surface area (Å²) in [5.41, 5.74) is 8.47. The van der Waals surface area contributed by atoms with Gasteiger partial charge in [-0.25, -0.2) is 0 Å². The fourth-order valence-corrected chi connectivity index (χ4v) is 6.65. The first kappa shape index (κ1) is 31.3. The predicted molar refractivity (Wildman–Crippen MR) is 180 cm³/mol. The fraction of sp³-hybridized carbons (Fsp3) is 0.405. The van der Waals surface area contributed by atoms with Crippen LogP contribution in [0.2, 0.25) is 0 Å². The molecule has 1 fully saturated rings. The van der Waals surface area contributed by atoms with Crippen LogP contribution in [0.25, 0.3) is 10.9 Å². The first-order valence-electron chi connectivity index (χ1n) is 16.2. The Morgan fingerprint density at radius 1 is 0.864 bits per heavy atom. The lowest BCUT2D eigenvalue weighted by molar-refractivity contribution is -0.130. The molecule has 0 radical (unpaired) electrons. The number of anilines is 1. The Labute approximate surface area is 262 Å². The Hall–Kier alpha value is -4.10. The summed E-state index contributed by atoms with van der Waals surface area (Å²) in [5, 5.41) is 7.39. The van der Waals surface area contributed by atoms with Crippen LogP contribution in [0.1, 0.15) is 61.4 Å². The summed E-state index contributed by atoms with van der Waals surface area (Å²) < 4.78 is 0. The lowest BCUT2D eigenvalue weighted by Gasteiger charge is -2.36. The van der Waals surface area contributed by atoms with Crippen molar-refractivity contribution >= 4 is 28.4 Å². The van der Waals surface area contributed by atoms with Gasteiger partial charge in [0.15, 0.2) is 0 Å². The van der Waals surface area contributed by atoms with Gasteiger partial charge >= 0.3 is 0 Å². The number of carbonyl (C=O) groups is 2. The van der Waals surface area contributed by atoms with Crippen molar-refractivity contribution in [1.82, 2.24) is 20.5 Å². The summed E-state index contributed by atoms with van der Waals surface area (Å²) in [7, 11) is 0. The molecule has 1 saturated heterocycles. The predicted octanol–water partition coefficient (Wildman–Crippen LogP) is 5.58. The molecule has 0 bridgehead atoms. The van der Waals surface area contributed by atoms with Crippen molar-refractivity contribution in [2.45, 2.75) is 65.5 Å². The first-order valence-corrected chi connectivity index (χ1v) is 16.2. The van der Waals surface area contributed by atoms with Gasteiger partial charge in [-0.05, 0) is 65.3 Å². The van der Waals surface area contributed by atoms with E-state index in [1.165, 1.54) is 22.4 Å². The van der Waals surface area contributed by atoms with Crippen molar-refractivity contribution in [3.8, 4) is 0 Å². The zero-order chi connectivity index (χ0) is 31.1. The van der Waals surface area contributed by atoms with Crippen LogP contribution in [0.5, 0.6) is 0 Å². The Morgan fingerprint density at radius 2 is 1.52 bits per heavy atom. The topological polar surface area (TPSA) is 80.5 Å². The van der Waals surface area contributed by atoms with Crippen LogP contribution < -0.4 is 15.5 Å². The second-order valence-corrected chi connectivity index (χ2v) is 11.9. The van der Waals surface area contributed by atoms with E-state index in [1.807, 2.05) is 37.4 Å². The number of carbonyl (C=O) groups excluding carboxylic acids is 2. The van der Waals surface area contributed by atoms with Crippen molar-refractivity contribution in [2.24, 2.45) is 0 Å². The average molecular weight is 594 g/mol. The molecule has 0 spiro atoms. The van der Waals surface area contributed by atoms with Gasteiger partial charge in [-0.2, -0.15) is 0 Å². The van der Waals surface area contributed by atoms with E-state index in [0.717, 1.165) is 67.5 Å². The number of benzene rings is 3. The van der Waals surface area contributed by atoms with Gasteiger partial charge < -0.3 is 20.5 Å². The SMILES string of the molecule is CCc1cc(CNC(=O)C(NC(=O)CN2CCN(c3ccccc3)CC2)C(C)c2c[nH]c3ccccc23)cc(CC)c1CC.